The van der Waals surface area contributed by atoms with E-state index in [0.29, 0.717) is 23.1 Å². The molecule has 0 spiro atoms. The highest BCUT2D eigenvalue weighted by Gasteiger charge is 2.30. The number of hydrogen-bond donors (Lipinski definition) is 2. The summed E-state index contributed by atoms with van der Waals surface area (Å²) >= 11 is 1.45. The van der Waals surface area contributed by atoms with Gasteiger partial charge < -0.3 is 15.0 Å². The Morgan fingerprint density at radius 2 is 1.97 bits per heavy atom. The molecule has 0 bridgehead atoms. The maximum Gasteiger partial charge on any atom is 0.268 e. The number of rotatable bonds is 6. The number of piperidine rings is 1. The van der Waals surface area contributed by atoms with Crippen molar-refractivity contribution in [1.82, 2.24) is 20.2 Å². The number of aromatic nitrogens is 2. The van der Waals surface area contributed by atoms with Gasteiger partial charge in [-0.1, -0.05) is 0 Å². The van der Waals surface area contributed by atoms with Gasteiger partial charge in [-0.05, 0) is 74.7 Å². The van der Waals surface area contributed by atoms with E-state index in [1.54, 1.807) is 7.11 Å². The van der Waals surface area contributed by atoms with E-state index in [0.717, 1.165) is 60.5 Å². The van der Waals surface area contributed by atoms with E-state index in [2.05, 4.69) is 15.2 Å². The lowest BCUT2D eigenvalue weighted by molar-refractivity contribution is -0.126. The number of hydrogen-bond acceptors (Lipinski definition) is 6. The van der Waals surface area contributed by atoms with Gasteiger partial charge in [-0.3, -0.25) is 14.5 Å². The summed E-state index contributed by atoms with van der Waals surface area (Å²) in [6.07, 6.45) is 3.94. The number of ether oxygens (including phenoxy) is 1. The topological polar surface area (TPSA) is 87.3 Å². The number of amides is 1. The van der Waals surface area contributed by atoms with Crippen LogP contribution in [0.1, 0.15) is 31.5 Å². The second-order valence-corrected chi connectivity index (χ2v) is 9.45. The number of H-pyrrole nitrogens is 1. The number of carbonyl (C=O) groups excluding carboxylic acids is 1. The molecular formula is C23H26N4O3S. The van der Waals surface area contributed by atoms with Crippen molar-refractivity contribution in [1.29, 1.82) is 0 Å². The predicted octanol–water partition coefficient (Wildman–Crippen LogP) is 3.15. The zero-order chi connectivity index (χ0) is 21.4. The van der Waals surface area contributed by atoms with Crippen LogP contribution < -0.4 is 15.6 Å². The predicted molar refractivity (Wildman–Crippen MR) is 121 cm³/mol. The molecule has 1 aliphatic carbocycles. The van der Waals surface area contributed by atoms with Crippen LogP contribution in [0.3, 0.4) is 0 Å². The Kier molecular flexibility index (Phi) is 5.50. The van der Waals surface area contributed by atoms with Crippen LogP contribution in [-0.4, -0.2) is 47.0 Å². The molecule has 1 saturated heterocycles. The number of carbonyl (C=O) groups is 1. The molecule has 1 aliphatic heterocycles. The molecule has 31 heavy (non-hydrogen) atoms. The van der Waals surface area contributed by atoms with Crippen molar-refractivity contribution in [2.75, 3.05) is 20.2 Å². The van der Waals surface area contributed by atoms with E-state index in [1.807, 2.05) is 30.3 Å². The van der Waals surface area contributed by atoms with E-state index < -0.39 is 0 Å². The number of aromatic amines is 1. The normalized spacial score (nSPS) is 17.7. The van der Waals surface area contributed by atoms with E-state index in [1.165, 1.54) is 11.3 Å². The third-order valence-corrected chi connectivity index (χ3v) is 7.23. The van der Waals surface area contributed by atoms with Crippen molar-refractivity contribution in [3.63, 3.8) is 0 Å². The number of thiophene rings is 1. The highest BCUT2D eigenvalue weighted by atomic mass is 32.1. The SMILES string of the molecule is COc1ccc(-c2cc3nc(CN4CCC(C(=O)NC5CC5)CC4)[nH]c(=O)c3s2)cc1. The van der Waals surface area contributed by atoms with Gasteiger partial charge in [0, 0.05) is 16.8 Å². The second-order valence-electron chi connectivity index (χ2n) is 8.40. The van der Waals surface area contributed by atoms with Gasteiger partial charge in [-0.2, -0.15) is 0 Å². The first-order chi connectivity index (χ1) is 15.1. The lowest BCUT2D eigenvalue weighted by atomic mass is 9.96. The first-order valence-corrected chi connectivity index (χ1v) is 11.6. The molecule has 7 nitrogen and oxygen atoms in total. The summed E-state index contributed by atoms with van der Waals surface area (Å²) < 4.78 is 5.86. The van der Waals surface area contributed by atoms with Crippen LogP contribution in [0, 0.1) is 5.92 Å². The lowest BCUT2D eigenvalue weighted by Crippen LogP contribution is -2.41. The van der Waals surface area contributed by atoms with Crippen molar-refractivity contribution >= 4 is 27.5 Å². The molecule has 1 saturated carbocycles. The fourth-order valence-electron chi connectivity index (χ4n) is 4.07. The van der Waals surface area contributed by atoms with Crippen LogP contribution in [0.4, 0.5) is 0 Å². The number of benzene rings is 1. The Morgan fingerprint density at radius 3 is 2.65 bits per heavy atom. The molecule has 2 fully saturated rings. The number of nitrogens with zero attached hydrogens (tertiary/aromatic N) is 2. The third kappa shape index (κ3) is 4.50. The minimum atomic E-state index is -0.0940. The minimum Gasteiger partial charge on any atom is -0.497 e. The largest absolute Gasteiger partial charge is 0.497 e. The van der Waals surface area contributed by atoms with E-state index in [-0.39, 0.29) is 17.4 Å². The van der Waals surface area contributed by atoms with Crippen molar-refractivity contribution < 1.29 is 9.53 Å². The van der Waals surface area contributed by atoms with Crippen molar-refractivity contribution in [3.8, 4) is 16.2 Å². The van der Waals surface area contributed by atoms with Crippen LogP contribution >= 0.6 is 11.3 Å². The van der Waals surface area contributed by atoms with Gasteiger partial charge in [0.05, 0.1) is 19.2 Å². The fraction of sp³-hybridized carbons (Fsp3) is 0.435. The number of fused-ring (bicyclic) bond motifs is 1. The number of likely N-dealkylation sites (tertiary alicyclic amines) is 1. The minimum absolute atomic E-state index is 0.0940. The summed E-state index contributed by atoms with van der Waals surface area (Å²) in [5, 5.41) is 3.11. The van der Waals surface area contributed by atoms with E-state index >= 15 is 0 Å². The Balaban J connectivity index is 1.27. The zero-order valence-corrected chi connectivity index (χ0v) is 18.3. The van der Waals surface area contributed by atoms with Gasteiger partial charge in [-0.25, -0.2) is 4.98 Å². The molecule has 0 atom stereocenters. The van der Waals surface area contributed by atoms with Crippen molar-refractivity contribution in [3.05, 3.63) is 46.5 Å². The first-order valence-electron chi connectivity index (χ1n) is 10.8. The molecule has 0 radical (unpaired) electrons. The van der Waals surface area contributed by atoms with Crippen LogP contribution in [0.15, 0.2) is 35.1 Å². The van der Waals surface area contributed by atoms with Crippen LogP contribution in [0.2, 0.25) is 0 Å². The van der Waals surface area contributed by atoms with Crippen LogP contribution in [-0.2, 0) is 11.3 Å². The molecule has 2 aromatic heterocycles. The van der Waals surface area contributed by atoms with Crippen LogP contribution in [0.5, 0.6) is 5.75 Å². The zero-order valence-electron chi connectivity index (χ0n) is 17.5. The van der Waals surface area contributed by atoms with Crippen LogP contribution in [0.25, 0.3) is 20.7 Å². The Morgan fingerprint density at radius 1 is 1.23 bits per heavy atom. The maximum absolute atomic E-state index is 12.7. The molecule has 2 aliphatic rings. The summed E-state index contributed by atoms with van der Waals surface area (Å²) in [4.78, 5) is 35.9. The molecule has 5 rings (SSSR count). The molecule has 2 N–H and O–H groups in total. The summed E-state index contributed by atoms with van der Waals surface area (Å²) in [6, 6.07) is 10.2. The summed E-state index contributed by atoms with van der Waals surface area (Å²) in [5.41, 5.74) is 1.67. The smallest absolute Gasteiger partial charge is 0.268 e. The average Bonchev–Trinajstić information content (AvgIpc) is 3.49. The molecule has 162 valence electrons. The van der Waals surface area contributed by atoms with Gasteiger partial charge in [0.1, 0.15) is 16.3 Å². The quantitative estimate of drug-likeness (QED) is 0.617. The highest BCUT2D eigenvalue weighted by molar-refractivity contribution is 7.22. The first kappa shape index (κ1) is 20.2. The standard InChI is InChI=1S/C23H26N4O3S/c1-30-17-6-2-14(3-7-17)19-12-18-21(31-19)23(29)26-20(25-18)13-27-10-8-15(9-11-27)22(28)24-16-4-5-16/h2-3,6-7,12,15-16H,4-5,8-11,13H2,1H3,(H,24,28)(H,25,26,29). The molecular weight excluding hydrogens is 412 g/mol. The van der Waals surface area contributed by atoms with Gasteiger partial charge in [0.25, 0.3) is 5.56 Å². The number of methoxy groups -OCH3 is 1. The maximum atomic E-state index is 12.7. The fourth-order valence-corrected chi connectivity index (χ4v) is 5.07. The molecule has 3 heterocycles. The Hall–Kier alpha value is -2.71. The second kappa shape index (κ2) is 8.43. The molecule has 1 aromatic carbocycles. The van der Waals surface area contributed by atoms with Crippen molar-refractivity contribution in [2.45, 2.75) is 38.3 Å². The monoisotopic (exact) mass is 438 g/mol. The summed E-state index contributed by atoms with van der Waals surface area (Å²) in [5.74, 6) is 1.80. The molecule has 8 heteroatoms. The summed E-state index contributed by atoms with van der Waals surface area (Å²) in [6.45, 7) is 2.27. The van der Waals surface area contributed by atoms with Crippen molar-refractivity contribution in [2.24, 2.45) is 5.92 Å². The average molecular weight is 439 g/mol. The van der Waals surface area contributed by atoms with Gasteiger partial charge >= 0.3 is 0 Å². The van der Waals surface area contributed by atoms with Gasteiger partial charge in [0.2, 0.25) is 5.91 Å². The Bertz CT molecular complexity index is 1140. The summed E-state index contributed by atoms with van der Waals surface area (Å²) in [7, 11) is 1.64. The van der Waals surface area contributed by atoms with E-state index in [9.17, 15) is 9.59 Å². The molecule has 0 unspecified atom stereocenters. The third-order valence-electron chi connectivity index (χ3n) is 6.06. The molecule has 3 aromatic rings. The molecule has 1 amide bonds. The van der Waals surface area contributed by atoms with Gasteiger partial charge in [-0.15, -0.1) is 11.3 Å². The lowest BCUT2D eigenvalue weighted by Gasteiger charge is -2.30. The van der Waals surface area contributed by atoms with Gasteiger partial charge in [0.15, 0.2) is 0 Å². The Labute approximate surface area is 184 Å². The highest BCUT2D eigenvalue weighted by Crippen LogP contribution is 2.32. The van der Waals surface area contributed by atoms with E-state index in [4.69, 9.17) is 9.72 Å². The number of nitrogens with one attached hydrogen (secondary N) is 2.